The second-order valence-corrected chi connectivity index (χ2v) is 9.78. The Hall–Kier alpha value is -0.240. The molecule has 1 N–H and O–H groups in total. The van der Waals surface area contributed by atoms with Crippen molar-refractivity contribution in [2.75, 3.05) is 13.3 Å². The van der Waals surface area contributed by atoms with Gasteiger partial charge in [-0.2, -0.15) is 0 Å². The fourth-order valence-electron chi connectivity index (χ4n) is 4.73. The van der Waals surface area contributed by atoms with Gasteiger partial charge < -0.3 is 14.4 Å². The largest absolute Gasteiger partial charge is 0.459 e. The molecule has 2 aliphatic carbocycles. The normalized spacial score (nSPS) is 33.7. The third-order valence-electron chi connectivity index (χ3n) is 6.58. The average Bonchev–Trinajstić information content (AvgIpc) is 2.62. The van der Waals surface area contributed by atoms with E-state index in [1.807, 2.05) is 13.3 Å². The summed E-state index contributed by atoms with van der Waals surface area (Å²) >= 11 is 0. The molecular weight excluding hydrogens is 370 g/mol. The molecule has 0 heterocycles. The highest BCUT2D eigenvalue weighted by Crippen LogP contribution is 2.50. The van der Waals surface area contributed by atoms with Crippen molar-refractivity contribution in [3.8, 4) is 0 Å². The smallest absolute Gasteiger partial charge is 0.322 e. The molecular formula is C19H34O5P2. The average molecular weight is 404 g/mol. The molecule has 0 spiro atoms. The molecule has 0 aromatic heterocycles. The zero-order valence-corrected chi connectivity index (χ0v) is 18.4. The van der Waals surface area contributed by atoms with Crippen LogP contribution in [0.4, 0.5) is 4.79 Å². The standard InChI is InChI=1S/C19H34O5P2/c1-19(2,12-5-8-14(9-6-12)23-18(22)25-3)13-7-10-16(20)15(11-13)17(21)24-26-4/h12-16,20,25-26H,5-11H2,1-4H3. The molecule has 5 atom stereocenters. The van der Waals surface area contributed by atoms with Crippen LogP contribution in [0.15, 0.2) is 0 Å². The molecule has 7 heteroatoms. The van der Waals surface area contributed by atoms with Crippen LogP contribution in [-0.4, -0.2) is 42.3 Å². The lowest BCUT2D eigenvalue weighted by molar-refractivity contribution is -0.146. The predicted octanol–water partition coefficient (Wildman–Crippen LogP) is 4.56. The third-order valence-corrected chi connectivity index (χ3v) is 7.51. The van der Waals surface area contributed by atoms with E-state index in [0.29, 0.717) is 24.7 Å². The molecule has 2 saturated carbocycles. The van der Waals surface area contributed by atoms with Gasteiger partial charge in [0.1, 0.15) is 6.10 Å². The molecule has 150 valence electrons. The Morgan fingerprint density at radius 3 is 2.19 bits per heavy atom. The molecule has 2 fully saturated rings. The van der Waals surface area contributed by atoms with E-state index >= 15 is 0 Å². The fourth-order valence-corrected chi connectivity index (χ4v) is 5.37. The first-order chi connectivity index (χ1) is 12.3. The summed E-state index contributed by atoms with van der Waals surface area (Å²) in [5, 5.41) is 10.3. The molecule has 5 nitrogen and oxygen atoms in total. The number of hydrogen-bond acceptors (Lipinski definition) is 5. The number of ether oxygens (including phenoxy) is 1. The van der Waals surface area contributed by atoms with Crippen LogP contribution in [0.5, 0.6) is 0 Å². The summed E-state index contributed by atoms with van der Waals surface area (Å²) in [6.45, 7) is 8.31. The molecule has 0 saturated heterocycles. The molecule has 5 unspecified atom stereocenters. The van der Waals surface area contributed by atoms with Gasteiger partial charge in [0, 0.05) is 0 Å². The monoisotopic (exact) mass is 404 g/mol. The first-order valence-corrected chi connectivity index (χ1v) is 12.6. The zero-order chi connectivity index (χ0) is 19.3. The van der Waals surface area contributed by atoms with Crippen LogP contribution in [0.25, 0.3) is 0 Å². The van der Waals surface area contributed by atoms with Gasteiger partial charge in [-0.15, -0.1) is 0 Å². The lowest BCUT2D eigenvalue weighted by Crippen LogP contribution is -2.43. The highest BCUT2D eigenvalue weighted by Gasteiger charge is 2.45. The Balaban J connectivity index is 1.94. The van der Waals surface area contributed by atoms with E-state index in [-0.39, 0.29) is 46.5 Å². The SMILES string of the molecule is CPOC(=O)C1CC(C(C)(C)C2CCC(OC(=O)PC)CC2)CCC1O. The van der Waals surface area contributed by atoms with E-state index in [9.17, 15) is 14.7 Å². The molecule has 0 radical (unpaired) electrons. The molecule has 2 rings (SSSR count). The van der Waals surface area contributed by atoms with E-state index in [1.54, 1.807) is 0 Å². The Kier molecular flexibility index (Phi) is 8.32. The lowest BCUT2D eigenvalue weighted by Gasteiger charge is -2.47. The highest BCUT2D eigenvalue weighted by molar-refractivity contribution is 7.56. The van der Waals surface area contributed by atoms with E-state index in [0.717, 1.165) is 32.1 Å². The second kappa shape index (κ2) is 9.80. The van der Waals surface area contributed by atoms with Gasteiger partial charge in [-0.1, -0.05) is 13.8 Å². The molecule has 2 aliphatic rings. The van der Waals surface area contributed by atoms with E-state index in [1.165, 1.54) is 0 Å². The van der Waals surface area contributed by atoms with Gasteiger partial charge in [0.25, 0.3) is 0 Å². The minimum atomic E-state index is -0.573. The van der Waals surface area contributed by atoms with Crippen LogP contribution in [0.3, 0.4) is 0 Å². The number of rotatable bonds is 6. The van der Waals surface area contributed by atoms with E-state index < -0.39 is 6.10 Å². The van der Waals surface area contributed by atoms with Crippen LogP contribution in [0.1, 0.15) is 58.8 Å². The molecule has 0 aromatic rings. The van der Waals surface area contributed by atoms with Crippen molar-refractivity contribution in [1.82, 2.24) is 0 Å². The molecule has 0 amide bonds. The summed E-state index contributed by atoms with van der Waals surface area (Å²) in [6, 6.07) is 0. The van der Waals surface area contributed by atoms with Crippen LogP contribution < -0.4 is 0 Å². The number of hydrogen-bond donors (Lipinski definition) is 1. The fraction of sp³-hybridized carbons (Fsp3) is 0.895. The number of carbonyl (C=O) groups is 2. The van der Waals surface area contributed by atoms with E-state index in [2.05, 4.69) is 13.8 Å². The lowest BCUT2D eigenvalue weighted by atomic mass is 9.59. The summed E-state index contributed by atoms with van der Waals surface area (Å²) < 4.78 is 10.7. The zero-order valence-electron chi connectivity index (χ0n) is 16.4. The third kappa shape index (κ3) is 5.40. The maximum absolute atomic E-state index is 12.2. The predicted molar refractivity (Wildman–Crippen MR) is 107 cm³/mol. The van der Waals surface area contributed by atoms with Gasteiger partial charge in [0.05, 0.1) is 20.8 Å². The molecule has 26 heavy (non-hydrogen) atoms. The Morgan fingerprint density at radius 2 is 1.62 bits per heavy atom. The van der Waals surface area contributed by atoms with Gasteiger partial charge in [-0.3, -0.25) is 4.79 Å². The maximum Gasteiger partial charge on any atom is 0.322 e. The topological polar surface area (TPSA) is 72.8 Å². The van der Waals surface area contributed by atoms with Crippen molar-refractivity contribution in [1.29, 1.82) is 0 Å². The summed E-state index contributed by atoms with van der Waals surface area (Å²) in [6.07, 6.45) is 5.82. The van der Waals surface area contributed by atoms with Crippen LogP contribution in [-0.2, 0) is 14.1 Å². The van der Waals surface area contributed by atoms with Crippen molar-refractivity contribution in [3.63, 3.8) is 0 Å². The minimum Gasteiger partial charge on any atom is -0.459 e. The first kappa shape index (κ1) is 22.1. The van der Waals surface area contributed by atoms with Crippen LogP contribution in [0, 0.1) is 23.2 Å². The highest BCUT2D eigenvalue weighted by atomic mass is 31.1. The van der Waals surface area contributed by atoms with Gasteiger partial charge in [0.15, 0.2) is 0 Å². The van der Waals surface area contributed by atoms with Crippen LogP contribution >= 0.6 is 17.4 Å². The second-order valence-electron chi connectivity index (χ2n) is 8.26. The van der Waals surface area contributed by atoms with Crippen molar-refractivity contribution in [2.24, 2.45) is 23.2 Å². The number of aliphatic hydroxyl groups excluding tert-OH is 1. The van der Waals surface area contributed by atoms with Crippen molar-refractivity contribution >= 4 is 29.1 Å². The molecule has 0 aliphatic heterocycles. The molecule has 0 aromatic carbocycles. The minimum absolute atomic E-state index is 0.0726. The Bertz CT molecular complexity index is 488. The van der Waals surface area contributed by atoms with E-state index in [4.69, 9.17) is 9.26 Å². The van der Waals surface area contributed by atoms with Crippen molar-refractivity contribution in [3.05, 3.63) is 0 Å². The summed E-state index contributed by atoms with van der Waals surface area (Å²) in [7, 11) is 0.335. The van der Waals surface area contributed by atoms with Gasteiger partial charge in [0.2, 0.25) is 0 Å². The van der Waals surface area contributed by atoms with Crippen LogP contribution in [0.2, 0.25) is 0 Å². The van der Waals surface area contributed by atoms with Crippen molar-refractivity contribution in [2.45, 2.75) is 71.0 Å². The van der Waals surface area contributed by atoms with Gasteiger partial charge in [-0.05, 0) is 84.1 Å². The number of aliphatic hydroxyl groups is 1. The van der Waals surface area contributed by atoms with Gasteiger partial charge >= 0.3 is 11.7 Å². The Labute approximate surface area is 161 Å². The summed E-state index contributed by atoms with van der Waals surface area (Å²) in [4.78, 5) is 23.7. The summed E-state index contributed by atoms with van der Waals surface area (Å²) in [5.41, 5.74) is 0.0289. The Morgan fingerprint density at radius 1 is 1.00 bits per heavy atom. The molecule has 0 bridgehead atoms. The quantitative estimate of drug-likeness (QED) is 0.657. The summed E-state index contributed by atoms with van der Waals surface area (Å²) in [5.74, 6) is 0.342. The first-order valence-electron chi connectivity index (χ1n) is 9.73. The maximum atomic E-state index is 12.2. The van der Waals surface area contributed by atoms with Crippen molar-refractivity contribution < 1.29 is 24.0 Å². The van der Waals surface area contributed by atoms with Gasteiger partial charge in [-0.25, -0.2) is 4.79 Å². The number of carbonyl (C=O) groups excluding carboxylic acids is 2.